The summed E-state index contributed by atoms with van der Waals surface area (Å²) in [5, 5.41) is 13.4. The number of carboxylic acid groups (broad SMARTS) is 1. The van der Waals surface area contributed by atoms with Gasteiger partial charge in [0.1, 0.15) is 5.76 Å². The van der Waals surface area contributed by atoms with Gasteiger partial charge in [0.05, 0.1) is 17.7 Å². The Morgan fingerprint density at radius 1 is 1.29 bits per heavy atom. The third-order valence-electron chi connectivity index (χ3n) is 2.91. The zero-order chi connectivity index (χ0) is 16.2. The molecule has 1 heterocycles. The highest BCUT2D eigenvalue weighted by molar-refractivity contribution is 5.96. The van der Waals surface area contributed by atoms with E-state index in [1.807, 2.05) is 0 Å². The van der Waals surface area contributed by atoms with Crippen LogP contribution in [-0.4, -0.2) is 28.0 Å². The van der Waals surface area contributed by atoms with Crippen LogP contribution in [0.1, 0.15) is 37.6 Å². The molecule has 0 unspecified atom stereocenters. The normalized spacial score (nSPS) is 11.0. The summed E-state index contributed by atoms with van der Waals surface area (Å²) in [6, 6.07) is -0.727. The molecule has 1 aromatic heterocycles. The van der Waals surface area contributed by atoms with Crippen LogP contribution in [0.25, 0.3) is 0 Å². The van der Waals surface area contributed by atoms with Crippen molar-refractivity contribution >= 4 is 17.9 Å². The number of carboxylic acids is 1. The summed E-state index contributed by atoms with van der Waals surface area (Å²) in [6.07, 6.45) is -0.299. The predicted octanol–water partition coefficient (Wildman–Crippen LogP) is 1.12. The molecule has 8 heteroatoms. The second-order valence-electron chi connectivity index (χ2n) is 5.35. The van der Waals surface area contributed by atoms with E-state index in [1.54, 1.807) is 13.8 Å². The predicted molar refractivity (Wildman–Crippen MR) is 72.4 cm³/mol. The number of aliphatic carboxylic acids is 1. The van der Waals surface area contributed by atoms with Gasteiger partial charge in [0, 0.05) is 6.42 Å². The molecule has 1 rings (SSSR count). The molecule has 0 spiro atoms. The first-order chi connectivity index (χ1) is 9.61. The molecule has 3 N–H and O–H groups in total. The average molecular weight is 297 g/mol. The van der Waals surface area contributed by atoms with Crippen LogP contribution in [0.5, 0.6) is 0 Å². The molecular formula is C13H19N3O5. The number of hydrogen-bond donors (Lipinski definition) is 3. The molecule has 21 heavy (non-hydrogen) atoms. The van der Waals surface area contributed by atoms with Gasteiger partial charge in [-0.2, -0.15) is 0 Å². The number of carbonyl (C=O) groups excluding carboxylic acids is 2. The van der Waals surface area contributed by atoms with Crippen molar-refractivity contribution in [2.75, 3.05) is 0 Å². The second-order valence-corrected chi connectivity index (χ2v) is 5.35. The molecule has 0 fully saturated rings. The van der Waals surface area contributed by atoms with Crippen LogP contribution < -0.4 is 10.6 Å². The van der Waals surface area contributed by atoms with Gasteiger partial charge in [-0.15, -0.1) is 0 Å². The zero-order valence-corrected chi connectivity index (χ0v) is 12.4. The molecular weight excluding hydrogens is 278 g/mol. The van der Waals surface area contributed by atoms with Crippen LogP contribution in [0.15, 0.2) is 4.42 Å². The molecule has 3 amide bonds. The number of nitrogens with one attached hydrogen (secondary N) is 2. The van der Waals surface area contributed by atoms with Crippen LogP contribution in [-0.2, 0) is 16.1 Å². The minimum absolute atomic E-state index is 0.0378. The van der Waals surface area contributed by atoms with Gasteiger partial charge in [-0.3, -0.25) is 14.9 Å². The molecule has 0 aromatic carbocycles. The third kappa shape index (κ3) is 4.90. The topological polar surface area (TPSA) is 122 Å². The summed E-state index contributed by atoms with van der Waals surface area (Å²) < 4.78 is 5.27. The smallest absolute Gasteiger partial charge is 0.321 e. The van der Waals surface area contributed by atoms with E-state index in [2.05, 4.69) is 15.6 Å². The molecule has 8 nitrogen and oxygen atoms in total. The van der Waals surface area contributed by atoms with E-state index in [1.165, 1.54) is 13.8 Å². The number of oxazole rings is 1. The summed E-state index contributed by atoms with van der Waals surface area (Å²) in [5.41, 5.74) is -0.507. The Kier molecular flexibility index (Phi) is 5.07. The zero-order valence-electron chi connectivity index (χ0n) is 12.4. The quantitative estimate of drug-likeness (QED) is 0.748. The summed E-state index contributed by atoms with van der Waals surface area (Å²) in [4.78, 5) is 38.0. The third-order valence-corrected chi connectivity index (χ3v) is 2.91. The summed E-state index contributed by atoms with van der Waals surface area (Å²) >= 11 is 0. The van der Waals surface area contributed by atoms with Crippen LogP contribution >= 0.6 is 0 Å². The van der Waals surface area contributed by atoms with Crippen molar-refractivity contribution in [3.05, 3.63) is 17.3 Å². The molecule has 0 aliphatic rings. The van der Waals surface area contributed by atoms with Gasteiger partial charge >= 0.3 is 12.0 Å². The first kappa shape index (κ1) is 16.7. The maximum Gasteiger partial charge on any atom is 0.321 e. The first-order valence-electron chi connectivity index (χ1n) is 6.36. The van der Waals surface area contributed by atoms with Crippen LogP contribution in [0.4, 0.5) is 4.79 Å². The Labute approximate surface area is 121 Å². The minimum atomic E-state index is -1.23. The Morgan fingerprint density at radius 3 is 2.38 bits per heavy atom. The summed E-state index contributed by atoms with van der Waals surface area (Å²) in [5.74, 6) is -0.784. The van der Waals surface area contributed by atoms with Gasteiger partial charge < -0.3 is 14.8 Å². The number of hydrogen-bond acceptors (Lipinski definition) is 5. The van der Waals surface area contributed by atoms with E-state index in [0.717, 1.165) is 5.69 Å². The van der Waals surface area contributed by atoms with Gasteiger partial charge in [-0.1, -0.05) is 0 Å². The SMILES string of the molecule is Cc1nc(CNC(=O)NC(=O)CC(C)(C)C(=O)O)oc1C. The Morgan fingerprint density at radius 2 is 1.90 bits per heavy atom. The van der Waals surface area contributed by atoms with Crippen molar-refractivity contribution < 1.29 is 23.9 Å². The van der Waals surface area contributed by atoms with E-state index >= 15 is 0 Å². The Balaban J connectivity index is 2.43. The molecule has 0 aliphatic heterocycles. The summed E-state index contributed by atoms with van der Waals surface area (Å²) in [6.45, 7) is 6.38. The molecule has 1 aromatic rings. The molecule has 0 atom stereocenters. The van der Waals surface area contributed by atoms with Crippen molar-refractivity contribution in [2.45, 2.75) is 40.7 Å². The lowest BCUT2D eigenvalue weighted by Crippen LogP contribution is -2.41. The van der Waals surface area contributed by atoms with Crippen LogP contribution in [0, 0.1) is 19.3 Å². The van der Waals surface area contributed by atoms with Gasteiger partial charge in [0.25, 0.3) is 0 Å². The number of rotatable bonds is 5. The maximum absolute atomic E-state index is 11.6. The number of imide groups is 1. The molecule has 0 saturated carbocycles. The Bertz CT molecular complexity index is 543. The average Bonchev–Trinajstić information content (AvgIpc) is 2.65. The highest BCUT2D eigenvalue weighted by Crippen LogP contribution is 2.19. The van der Waals surface area contributed by atoms with E-state index in [9.17, 15) is 14.4 Å². The van der Waals surface area contributed by atoms with Crippen molar-refractivity contribution in [1.82, 2.24) is 15.6 Å². The van der Waals surface area contributed by atoms with Gasteiger partial charge in [0.15, 0.2) is 0 Å². The van der Waals surface area contributed by atoms with Crippen molar-refractivity contribution in [3.63, 3.8) is 0 Å². The van der Waals surface area contributed by atoms with Gasteiger partial charge in [0.2, 0.25) is 11.8 Å². The fourth-order valence-electron chi connectivity index (χ4n) is 1.46. The van der Waals surface area contributed by atoms with E-state index in [-0.39, 0.29) is 13.0 Å². The number of aryl methyl sites for hydroxylation is 2. The lowest BCUT2D eigenvalue weighted by Gasteiger charge is -2.17. The number of carbonyl (C=O) groups is 3. The Hall–Kier alpha value is -2.38. The fraction of sp³-hybridized carbons (Fsp3) is 0.538. The van der Waals surface area contributed by atoms with Gasteiger partial charge in [-0.25, -0.2) is 9.78 Å². The monoisotopic (exact) mass is 297 g/mol. The summed E-state index contributed by atoms with van der Waals surface area (Å²) in [7, 11) is 0. The lowest BCUT2D eigenvalue weighted by molar-refractivity contribution is -0.149. The maximum atomic E-state index is 11.6. The number of aromatic nitrogens is 1. The minimum Gasteiger partial charge on any atom is -0.481 e. The fourth-order valence-corrected chi connectivity index (χ4v) is 1.46. The molecule has 0 aliphatic carbocycles. The van der Waals surface area contributed by atoms with E-state index in [0.29, 0.717) is 11.7 Å². The van der Waals surface area contributed by atoms with Crippen molar-refractivity contribution in [2.24, 2.45) is 5.41 Å². The number of amides is 3. The van der Waals surface area contributed by atoms with Gasteiger partial charge in [-0.05, 0) is 27.7 Å². The van der Waals surface area contributed by atoms with E-state index in [4.69, 9.17) is 9.52 Å². The highest BCUT2D eigenvalue weighted by atomic mass is 16.4. The number of nitrogens with zero attached hydrogens (tertiary/aromatic N) is 1. The highest BCUT2D eigenvalue weighted by Gasteiger charge is 2.30. The van der Waals surface area contributed by atoms with Crippen LogP contribution in [0.3, 0.4) is 0 Å². The standard InChI is InChI=1S/C13H19N3O5/c1-7-8(2)21-10(15-7)6-14-12(20)16-9(17)5-13(3,4)11(18)19/h5-6H2,1-4H3,(H,18,19)(H2,14,16,17,20). The van der Waals surface area contributed by atoms with Crippen molar-refractivity contribution in [3.8, 4) is 0 Å². The van der Waals surface area contributed by atoms with Crippen molar-refractivity contribution in [1.29, 1.82) is 0 Å². The lowest BCUT2D eigenvalue weighted by atomic mass is 9.89. The molecule has 0 radical (unpaired) electrons. The molecule has 116 valence electrons. The van der Waals surface area contributed by atoms with E-state index < -0.39 is 23.3 Å². The number of urea groups is 1. The van der Waals surface area contributed by atoms with Crippen LogP contribution in [0.2, 0.25) is 0 Å². The molecule has 0 bridgehead atoms. The second kappa shape index (κ2) is 6.38. The first-order valence-corrected chi connectivity index (χ1v) is 6.36. The largest absolute Gasteiger partial charge is 0.481 e. The molecule has 0 saturated heterocycles.